The van der Waals surface area contributed by atoms with Gasteiger partial charge >= 0.3 is 5.97 Å². The molecule has 0 aliphatic rings. The van der Waals surface area contributed by atoms with Crippen molar-refractivity contribution in [2.24, 2.45) is 0 Å². The molecule has 0 amide bonds. The predicted octanol–water partition coefficient (Wildman–Crippen LogP) is 2.78. The van der Waals surface area contributed by atoms with E-state index in [9.17, 15) is 4.79 Å². The second kappa shape index (κ2) is 9.00. The molecule has 0 aliphatic heterocycles. The van der Waals surface area contributed by atoms with Crippen molar-refractivity contribution in [3.63, 3.8) is 0 Å². The standard InChI is InChI=1S/C6H14O.C5H10O2/c1-5(2)7-6(3)4;1-4(2)7-5(3)6/h5-6H,1-4H3;4H,1-3H3. The lowest BCUT2D eigenvalue weighted by Crippen LogP contribution is -2.09. The van der Waals surface area contributed by atoms with Crippen molar-refractivity contribution in [2.45, 2.75) is 66.8 Å². The normalized spacial score (nSPS) is 10.1. The van der Waals surface area contributed by atoms with E-state index < -0.39 is 0 Å². The van der Waals surface area contributed by atoms with E-state index in [0.717, 1.165) is 0 Å². The molecular formula is C11H24O3. The Morgan fingerprint density at radius 3 is 1.21 bits per heavy atom. The quantitative estimate of drug-likeness (QED) is 0.663. The van der Waals surface area contributed by atoms with Crippen molar-refractivity contribution in [2.75, 3.05) is 0 Å². The van der Waals surface area contributed by atoms with Gasteiger partial charge in [0.1, 0.15) is 0 Å². The van der Waals surface area contributed by atoms with Crippen LogP contribution in [0, 0.1) is 0 Å². The Morgan fingerprint density at radius 2 is 1.21 bits per heavy atom. The molecule has 0 saturated carbocycles. The highest BCUT2D eigenvalue weighted by molar-refractivity contribution is 5.66. The van der Waals surface area contributed by atoms with Gasteiger partial charge in [0.05, 0.1) is 18.3 Å². The summed E-state index contributed by atoms with van der Waals surface area (Å²) in [6, 6.07) is 0. The number of carbonyl (C=O) groups is 1. The summed E-state index contributed by atoms with van der Waals surface area (Å²) in [7, 11) is 0. The minimum atomic E-state index is -0.213. The summed E-state index contributed by atoms with van der Waals surface area (Å²) in [6.07, 6.45) is 0.775. The first-order chi connectivity index (χ1) is 6.25. The van der Waals surface area contributed by atoms with Gasteiger partial charge in [-0.05, 0) is 41.5 Å². The summed E-state index contributed by atoms with van der Waals surface area (Å²) in [5.41, 5.74) is 0. The van der Waals surface area contributed by atoms with E-state index in [4.69, 9.17) is 4.74 Å². The highest BCUT2D eigenvalue weighted by Gasteiger charge is 1.94. The molecule has 0 saturated heterocycles. The van der Waals surface area contributed by atoms with E-state index in [1.54, 1.807) is 0 Å². The van der Waals surface area contributed by atoms with Crippen LogP contribution in [0.25, 0.3) is 0 Å². The van der Waals surface area contributed by atoms with Gasteiger partial charge in [0.15, 0.2) is 0 Å². The summed E-state index contributed by atoms with van der Waals surface area (Å²) < 4.78 is 9.86. The van der Waals surface area contributed by atoms with E-state index >= 15 is 0 Å². The van der Waals surface area contributed by atoms with Crippen LogP contribution in [0.2, 0.25) is 0 Å². The average Bonchev–Trinajstić information content (AvgIpc) is 1.79. The van der Waals surface area contributed by atoms with E-state index in [-0.39, 0.29) is 12.1 Å². The molecule has 0 atom stereocenters. The SMILES string of the molecule is CC(=O)OC(C)C.CC(C)OC(C)C. The molecule has 0 aromatic heterocycles. The molecule has 86 valence electrons. The topological polar surface area (TPSA) is 35.5 Å². The number of hydrogen-bond donors (Lipinski definition) is 0. The fourth-order valence-corrected chi connectivity index (χ4v) is 0.876. The largest absolute Gasteiger partial charge is 0.463 e. The molecule has 0 aromatic rings. The van der Waals surface area contributed by atoms with E-state index in [0.29, 0.717) is 12.2 Å². The van der Waals surface area contributed by atoms with Gasteiger partial charge in [0, 0.05) is 6.92 Å². The average molecular weight is 204 g/mol. The van der Waals surface area contributed by atoms with Crippen molar-refractivity contribution in [3.05, 3.63) is 0 Å². The second-order valence-electron chi connectivity index (χ2n) is 3.89. The molecule has 3 heteroatoms. The molecule has 0 aromatic carbocycles. The van der Waals surface area contributed by atoms with Crippen LogP contribution in [-0.4, -0.2) is 24.3 Å². The maximum absolute atomic E-state index is 10.0. The lowest BCUT2D eigenvalue weighted by Gasteiger charge is -2.09. The molecule has 0 fully saturated rings. The van der Waals surface area contributed by atoms with Crippen LogP contribution < -0.4 is 0 Å². The van der Waals surface area contributed by atoms with E-state index in [1.807, 2.05) is 41.5 Å². The van der Waals surface area contributed by atoms with Crippen LogP contribution in [0.5, 0.6) is 0 Å². The molecule has 14 heavy (non-hydrogen) atoms. The third kappa shape index (κ3) is 22.5. The first-order valence-corrected chi connectivity index (χ1v) is 5.08. The fraction of sp³-hybridized carbons (Fsp3) is 0.909. The Labute approximate surface area is 87.8 Å². The number of ether oxygens (including phenoxy) is 2. The zero-order chi connectivity index (χ0) is 11.7. The minimum Gasteiger partial charge on any atom is -0.463 e. The van der Waals surface area contributed by atoms with Crippen molar-refractivity contribution in [3.8, 4) is 0 Å². The maximum atomic E-state index is 10.0. The molecule has 0 unspecified atom stereocenters. The number of rotatable bonds is 3. The van der Waals surface area contributed by atoms with E-state index in [2.05, 4.69) is 4.74 Å². The van der Waals surface area contributed by atoms with Gasteiger partial charge in [-0.1, -0.05) is 0 Å². The van der Waals surface area contributed by atoms with Crippen molar-refractivity contribution >= 4 is 5.97 Å². The maximum Gasteiger partial charge on any atom is 0.302 e. The molecule has 0 radical (unpaired) electrons. The van der Waals surface area contributed by atoms with Gasteiger partial charge in [0.25, 0.3) is 0 Å². The van der Waals surface area contributed by atoms with Gasteiger partial charge in [-0.2, -0.15) is 0 Å². The molecule has 0 bridgehead atoms. The highest BCUT2D eigenvalue weighted by Crippen LogP contribution is 1.93. The lowest BCUT2D eigenvalue weighted by atomic mass is 10.4. The first-order valence-electron chi connectivity index (χ1n) is 5.08. The smallest absolute Gasteiger partial charge is 0.302 e. The van der Waals surface area contributed by atoms with Crippen LogP contribution in [0.4, 0.5) is 0 Å². The van der Waals surface area contributed by atoms with Crippen LogP contribution in [-0.2, 0) is 14.3 Å². The third-order valence-corrected chi connectivity index (χ3v) is 0.946. The Morgan fingerprint density at radius 1 is 0.857 bits per heavy atom. The summed E-state index contributed by atoms with van der Waals surface area (Å²) in [5, 5.41) is 0. The molecule has 0 heterocycles. The Hall–Kier alpha value is -0.570. The van der Waals surface area contributed by atoms with Gasteiger partial charge in [0.2, 0.25) is 0 Å². The number of esters is 1. The predicted molar refractivity (Wildman–Crippen MR) is 58.3 cm³/mol. The Bertz CT molecular complexity index is 133. The first kappa shape index (κ1) is 15.9. The third-order valence-electron chi connectivity index (χ3n) is 0.946. The number of carbonyl (C=O) groups excluding carboxylic acids is 1. The summed E-state index contributed by atoms with van der Waals surface area (Å²) in [6.45, 7) is 13.2. The number of hydrogen-bond acceptors (Lipinski definition) is 3. The fourth-order valence-electron chi connectivity index (χ4n) is 0.876. The minimum absolute atomic E-state index is 0.0255. The van der Waals surface area contributed by atoms with Crippen LogP contribution in [0.1, 0.15) is 48.5 Å². The zero-order valence-corrected chi connectivity index (χ0v) is 10.5. The molecule has 0 spiro atoms. The molecular weight excluding hydrogens is 180 g/mol. The molecule has 0 aliphatic carbocycles. The van der Waals surface area contributed by atoms with Gasteiger partial charge in [-0.3, -0.25) is 4.79 Å². The Balaban J connectivity index is 0. The van der Waals surface area contributed by atoms with Gasteiger partial charge in [-0.25, -0.2) is 0 Å². The second-order valence-corrected chi connectivity index (χ2v) is 3.89. The van der Waals surface area contributed by atoms with E-state index in [1.165, 1.54) is 6.92 Å². The molecule has 3 nitrogen and oxygen atoms in total. The zero-order valence-electron chi connectivity index (χ0n) is 10.5. The molecule has 0 rings (SSSR count). The Kier molecular flexibility index (Phi) is 10.2. The van der Waals surface area contributed by atoms with Crippen LogP contribution in [0.3, 0.4) is 0 Å². The summed E-state index contributed by atoms with van der Waals surface area (Å²) in [5.74, 6) is -0.213. The van der Waals surface area contributed by atoms with Crippen LogP contribution >= 0.6 is 0 Å². The lowest BCUT2D eigenvalue weighted by molar-refractivity contribution is -0.144. The monoisotopic (exact) mass is 204 g/mol. The summed E-state index contributed by atoms with van der Waals surface area (Å²) >= 11 is 0. The highest BCUT2D eigenvalue weighted by atomic mass is 16.5. The van der Waals surface area contributed by atoms with Gasteiger partial charge in [-0.15, -0.1) is 0 Å². The van der Waals surface area contributed by atoms with Crippen molar-refractivity contribution in [1.29, 1.82) is 0 Å². The van der Waals surface area contributed by atoms with Crippen LogP contribution in [0.15, 0.2) is 0 Å². The van der Waals surface area contributed by atoms with Gasteiger partial charge < -0.3 is 9.47 Å². The summed E-state index contributed by atoms with van der Waals surface area (Å²) in [4.78, 5) is 10.0. The molecule has 0 N–H and O–H groups in total. The van der Waals surface area contributed by atoms with Crippen molar-refractivity contribution in [1.82, 2.24) is 0 Å². The van der Waals surface area contributed by atoms with Crippen molar-refractivity contribution < 1.29 is 14.3 Å².